The van der Waals surface area contributed by atoms with E-state index in [0.29, 0.717) is 6.07 Å². The van der Waals surface area contributed by atoms with Crippen LogP contribution in [0.3, 0.4) is 0 Å². The second-order valence-corrected chi connectivity index (χ2v) is 4.67. The number of amides is 1. The third-order valence-corrected chi connectivity index (χ3v) is 3.10. The summed E-state index contributed by atoms with van der Waals surface area (Å²) < 4.78 is 43.0. The molecule has 2 aromatic rings. The van der Waals surface area contributed by atoms with Gasteiger partial charge in [-0.15, -0.1) is 0 Å². The Morgan fingerprint density at radius 3 is 2.50 bits per heavy atom. The molecule has 0 aromatic heterocycles. The Kier molecular flexibility index (Phi) is 4.72. The third kappa shape index (κ3) is 3.80. The van der Waals surface area contributed by atoms with Gasteiger partial charge in [0.15, 0.2) is 0 Å². The first-order valence-corrected chi connectivity index (χ1v) is 6.53. The van der Waals surface area contributed by atoms with E-state index < -0.39 is 22.6 Å². The second kappa shape index (κ2) is 6.57. The van der Waals surface area contributed by atoms with E-state index in [4.69, 9.17) is 4.74 Å². The van der Waals surface area contributed by atoms with Crippen molar-refractivity contribution in [3.63, 3.8) is 0 Å². The summed E-state index contributed by atoms with van der Waals surface area (Å²) in [5.41, 5.74) is -1.30. The fourth-order valence-corrected chi connectivity index (χ4v) is 1.93. The van der Waals surface area contributed by atoms with Gasteiger partial charge >= 0.3 is 6.18 Å². The maximum Gasteiger partial charge on any atom is 0.416 e. The highest BCUT2D eigenvalue weighted by Crippen LogP contribution is 2.31. The molecule has 126 valence electrons. The van der Waals surface area contributed by atoms with Gasteiger partial charge in [-0.3, -0.25) is 14.9 Å². The van der Waals surface area contributed by atoms with Crippen molar-refractivity contribution in [2.75, 3.05) is 12.4 Å². The number of halogens is 3. The van der Waals surface area contributed by atoms with E-state index in [1.165, 1.54) is 19.2 Å². The number of nitrogens with one attached hydrogen (secondary N) is 1. The number of hydrogen-bond acceptors (Lipinski definition) is 4. The van der Waals surface area contributed by atoms with Crippen LogP contribution in [0.5, 0.6) is 5.75 Å². The molecule has 0 atom stereocenters. The number of nitrogens with zero attached hydrogens (tertiary/aromatic N) is 1. The molecule has 0 bridgehead atoms. The SMILES string of the molecule is COc1cc([N+](=O)[O-])ccc1NC(=O)c1cccc(C(F)(F)F)c1. The predicted molar refractivity (Wildman–Crippen MR) is 79.0 cm³/mol. The van der Waals surface area contributed by atoms with Crippen LogP contribution in [0.25, 0.3) is 0 Å². The molecule has 0 heterocycles. The van der Waals surface area contributed by atoms with E-state index in [-0.39, 0.29) is 22.7 Å². The van der Waals surface area contributed by atoms with Crippen molar-refractivity contribution in [3.8, 4) is 5.75 Å². The molecule has 1 N–H and O–H groups in total. The van der Waals surface area contributed by atoms with Gasteiger partial charge in [-0.25, -0.2) is 0 Å². The maximum atomic E-state index is 12.7. The topological polar surface area (TPSA) is 81.5 Å². The number of ether oxygens (including phenoxy) is 1. The lowest BCUT2D eigenvalue weighted by Crippen LogP contribution is -2.14. The van der Waals surface area contributed by atoms with Crippen molar-refractivity contribution in [2.24, 2.45) is 0 Å². The monoisotopic (exact) mass is 340 g/mol. The Balaban J connectivity index is 2.28. The van der Waals surface area contributed by atoms with Crippen LogP contribution < -0.4 is 10.1 Å². The first-order chi connectivity index (χ1) is 11.2. The first-order valence-electron chi connectivity index (χ1n) is 6.53. The Bertz CT molecular complexity index is 791. The molecule has 2 aromatic carbocycles. The minimum Gasteiger partial charge on any atom is -0.494 e. The first kappa shape index (κ1) is 17.3. The number of non-ortho nitro benzene ring substituents is 1. The molecular weight excluding hydrogens is 329 g/mol. The normalized spacial score (nSPS) is 11.0. The quantitative estimate of drug-likeness (QED) is 0.676. The summed E-state index contributed by atoms with van der Waals surface area (Å²) in [5, 5.41) is 13.1. The van der Waals surface area contributed by atoms with Crippen LogP contribution in [0.1, 0.15) is 15.9 Å². The van der Waals surface area contributed by atoms with Crippen molar-refractivity contribution in [2.45, 2.75) is 6.18 Å². The van der Waals surface area contributed by atoms with Gasteiger partial charge in [-0.1, -0.05) is 6.07 Å². The third-order valence-electron chi connectivity index (χ3n) is 3.10. The number of alkyl halides is 3. The summed E-state index contributed by atoms with van der Waals surface area (Å²) in [7, 11) is 1.25. The molecular formula is C15H11F3N2O4. The van der Waals surface area contributed by atoms with Crippen molar-refractivity contribution in [1.29, 1.82) is 0 Å². The molecule has 0 unspecified atom stereocenters. The average molecular weight is 340 g/mol. The van der Waals surface area contributed by atoms with Crippen molar-refractivity contribution in [1.82, 2.24) is 0 Å². The predicted octanol–water partition coefficient (Wildman–Crippen LogP) is 3.87. The van der Waals surface area contributed by atoms with Crippen LogP contribution in [0, 0.1) is 10.1 Å². The average Bonchev–Trinajstić information content (AvgIpc) is 2.54. The molecule has 6 nitrogen and oxygen atoms in total. The van der Waals surface area contributed by atoms with Crippen LogP contribution in [-0.4, -0.2) is 17.9 Å². The Hall–Kier alpha value is -3.10. The van der Waals surface area contributed by atoms with Crippen molar-refractivity contribution >= 4 is 17.3 Å². The second-order valence-electron chi connectivity index (χ2n) is 4.67. The van der Waals surface area contributed by atoms with Gasteiger partial charge in [0.2, 0.25) is 0 Å². The number of nitro groups is 1. The molecule has 9 heteroatoms. The van der Waals surface area contributed by atoms with Gasteiger partial charge < -0.3 is 10.1 Å². The smallest absolute Gasteiger partial charge is 0.416 e. The molecule has 0 saturated carbocycles. The van der Waals surface area contributed by atoms with Gasteiger partial charge in [0.1, 0.15) is 5.75 Å². The van der Waals surface area contributed by atoms with Gasteiger partial charge in [-0.05, 0) is 24.3 Å². The highest BCUT2D eigenvalue weighted by molar-refractivity contribution is 6.05. The number of methoxy groups -OCH3 is 1. The zero-order valence-corrected chi connectivity index (χ0v) is 12.3. The number of carbonyl (C=O) groups is 1. The lowest BCUT2D eigenvalue weighted by atomic mass is 10.1. The highest BCUT2D eigenvalue weighted by atomic mass is 19.4. The van der Waals surface area contributed by atoms with Crippen molar-refractivity contribution < 1.29 is 27.6 Å². The minimum absolute atomic E-state index is 0.0181. The van der Waals surface area contributed by atoms with Crippen LogP contribution in [0.15, 0.2) is 42.5 Å². The fourth-order valence-electron chi connectivity index (χ4n) is 1.93. The Morgan fingerprint density at radius 1 is 1.21 bits per heavy atom. The largest absolute Gasteiger partial charge is 0.494 e. The lowest BCUT2D eigenvalue weighted by molar-refractivity contribution is -0.384. The van der Waals surface area contributed by atoms with Gasteiger partial charge in [-0.2, -0.15) is 13.2 Å². The molecule has 0 aliphatic rings. The van der Waals surface area contributed by atoms with E-state index in [1.807, 2.05) is 0 Å². The number of hydrogen-bond donors (Lipinski definition) is 1. The summed E-state index contributed by atoms with van der Waals surface area (Å²) in [5.74, 6) is -0.780. The summed E-state index contributed by atoms with van der Waals surface area (Å²) >= 11 is 0. The Labute approximate surface area is 134 Å². The molecule has 0 aliphatic carbocycles. The van der Waals surface area contributed by atoms with Gasteiger partial charge in [0, 0.05) is 11.6 Å². The minimum atomic E-state index is -4.57. The highest BCUT2D eigenvalue weighted by Gasteiger charge is 2.31. The molecule has 0 saturated heterocycles. The lowest BCUT2D eigenvalue weighted by Gasteiger charge is -2.11. The molecule has 0 radical (unpaired) electrons. The fraction of sp³-hybridized carbons (Fsp3) is 0.133. The Morgan fingerprint density at radius 2 is 1.92 bits per heavy atom. The standard InChI is InChI=1S/C15H11F3N2O4/c1-24-13-8-11(20(22)23)5-6-12(13)19-14(21)9-3-2-4-10(7-9)15(16,17)18/h2-8H,1H3,(H,19,21). The van der Waals surface area contributed by atoms with Crippen LogP contribution in [0.4, 0.5) is 24.5 Å². The zero-order chi connectivity index (χ0) is 17.9. The molecule has 1 amide bonds. The zero-order valence-electron chi connectivity index (χ0n) is 12.3. The number of rotatable bonds is 4. The molecule has 2 rings (SSSR count). The van der Waals surface area contributed by atoms with E-state index >= 15 is 0 Å². The van der Waals surface area contributed by atoms with Gasteiger partial charge in [0.05, 0.1) is 29.4 Å². The van der Waals surface area contributed by atoms with Crippen LogP contribution in [0.2, 0.25) is 0 Å². The van der Waals surface area contributed by atoms with E-state index in [1.54, 1.807) is 0 Å². The molecule has 0 fully saturated rings. The number of carbonyl (C=O) groups excluding carboxylic acids is 1. The van der Waals surface area contributed by atoms with E-state index in [9.17, 15) is 28.1 Å². The summed E-state index contributed by atoms with van der Waals surface area (Å²) in [6.07, 6.45) is -4.57. The summed E-state index contributed by atoms with van der Waals surface area (Å²) in [6.45, 7) is 0. The van der Waals surface area contributed by atoms with E-state index in [0.717, 1.165) is 24.3 Å². The molecule has 0 spiro atoms. The summed E-state index contributed by atoms with van der Waals surface area (Å²) in [6, 6.07) is 7.39. The van der Waals surface area contributed by atoms with E-state index in [2.05, 4.69) is 5.32 Å². The maximum absolute atomic E-state index is 12.7. The summed E-state index contributed by atoms with van der Waals surface area (Å²) in [4.78, 5) is 22.2. The van der Waals surface area contributed by atoms with Crippen molar-refractivity contribution in [3.05, 3.63) is 63.7 Å². The molecule has 24 heavy (non-hydrogen) atoms. The van der Waals surface area contributed by atoms with Crippen LogP contribution in [-0.2, 0) is 6.18 Å². The number of anilines is 1. The number of nitro benzene ring substituents is 1. The number of benzene rings is 2. The van der Waals surface area contributed by atoms with Crippen LogP contribution >= 0.6 is 0 Å². The molecule has 0 aliphatic heterocycles. The van der Waals surface area contributed by atoms with Gasteiger partial charge in [0.25, 0.3) is 11.6 Å².